The molecule has 24 heavy (non-hydrogen) atoms. The standard InChI is InChI=1S/C18H20ClN3O2/c1-2-20-18(24)22-17(23)16(13-8-4-3-5-9-13)21-12-14-10-6-7-11-15(14)19/h3-11,16,21H,2,12H2,1H3,(H2,20,22,23,24)/t16-/m0/s1. The number of imide groups is 1. The fraction of sp³-hybridized carbons (Fsp3) is 0.222. The first-order valence-corrected chi connectivity index (χ1v) is 8.10. The third kappa shape index (κ3) is 5.08. The van der Waals surface area contributed by atoms with Gasteiger partial charge in [0, 0.05) is 18.1 Å². The highest BCUT2D eigenvalue weighted by atomic mass is 35.5. The fourth-order valence-electron chi connectivity index (χ4n) is 2.25. The molecule has 6 heteroatoms. The van der Waals surface area contributed by atoms with E-state index in [2.05, 4.69) is 16.0 Å². The summed E-state index contributed by atoms with van der Waals surface area (Å²) in [5.41, 5.74) is 1.65. The third-order valence-corrected chi connectivity index (χ3v) is 3.79. The Kier molecular flexibility index (Phi) is 6.78. The van der Waals surface area contributed by atoms with Crippen molar-refractivity contribution < 1.29 is 9.59 Å². The zero-order chi connectivity index (χ0) is 17.4. The molecular formula is C18H20ClN3O2. The first-order valence-electron chi connectivity index (χ1n) is 7.72. The molecule has 3 amide bonds. The molecule has 0 radical (unpaired) electrons. The van der Waals surface area contributed by atoms with Crippen molar-refractivity contribution in [2.45, 2.75) is 19.5 Å². The van der Waals surface area contributed by atoms with Gasteiger partial charge in [0.2, 0.25) is 5.91 Å². The molecule has 3 N–H and O–H groups in total. The van der Waals surface area contributed by atoms with Crippen LogP contribution in [0.2, 0.25) is 5.02 Å². The van der Waals surface area contributed by atoms with Gasteiger partial charge in [-0.3, -0.25) is 15.4 Å². The van der Waals surface area contributed by atoms with Crippen LogP contribution in [0, 0.1) is 0 Å². The highest BCUT2D eigenvalue weighted by molar-refractivity contribution is 6.31. The summed E-state index contributed by atoms with van der Waals surface area (Å²) in [5, 5.41) is 8.68. The molecule has 0 spiro atoms. The van der Waals surface area contributed by atoms with Crippen LogP contribution in [-0.4, -0.2) is 18.5 Å². The molecule has 0 fully saturated rings. The van der Waals surface area contributed by atoms with Gasteiger partial charge in [0.15, 0.2) is 0 Å². The van der Waals surface area contributed by atoms with Gasteiger partial charge in [-0.1, -0.05) is 60.1 Å². The number of hydrogen-bond acceptors (Lipinski definition) is 3. The molecule has 2 aromatic carbocycles. The summed E-state index contributed by atoms with van der Waals surface area (Å²) < 4.78 is 0. The van der Waals surface area contributed by atoms with Crippen molar-refractivity contribution in [2.75, 3.05) is 6.54 Å². The minimum absolute atomic E-state index is 0.405. The second-order valence-corrected chi connectivity index (χ2v) is 5.57. The Labute approximate surface area is 146 Å². The lowest BCUT2D eigenvalue weighted by molar-refractivity contribution is -0.122. The van der Waals surface area contributed by atoms with Crippen LogP contribution >= 0.6 is 11.6 Å². The van der Waals surface area contributed by atoms with Crippen LogP contribution in [-0.2, 0) is 11.3 Å². The number of nitrogens with one attached hydrogen (secondary N) is 3. The Morgan fingerprint density at radius 1 is 1.04 bits per heavy atom. The second-order valence-electron chi connectivity index (χ2n) is 5.16. The molecule has 0 heterocycles. The van der Waals surface area contributed by atoms with Crippen molar-refractivity contribution in [3.05, 3.63) is 70.7 Å². The SMILES string of the molecule is CCNC(=O)NC(=O)[C@@H](NCc1ccccc1Cl)c1ccccc1. The Bertz CT molecular complexity index is 692. The molecule has 126 valence electrons. The Hall–Kier alpha value is -2.37. The van der Waals surface area contributed by atoms with Crippen LogP contribution in [0.15, 0.2) is 54.6 Å². The van der Waals surface area contributed by atoms with Gasteiger partial charge in [-0.25, -0.2) is 4.79 Å². The monoisotopic (exact) mass is 345 g/mol. The number of hydrogen-bond donors (Lipinski definition) is 3. The van der Waals surface area contributed by atoms with Crippen molar-refractivity contribution in [1.82, 2.24) is 16.0 Å². The molecule has 0 aliphatic carbocycles. The lowest BCUT2D eigenvalue weighted by Crippen LogP contribution is -2.45. The van der Waals surface area contributed by atoms with Crippen LogP contribution in [0.4, 0.5) is 4.79 Å². The molecule has 2 aromatic rings. The van der Waals surface area contributed by atoms with Crippen LogP contribution in [0.25, 0.3) is 0 Å². The van der Waals surface area contributed by atoms with E-state index in [0.717, 1.165) is 11.1 Å². The van der Waals surface area contributed by atoms with E-state index in [1.54, 1.807) is 13.0 Å². The van der Waals surface area contributed by atoms with Gasteiger partial charge < -0.3 is 5.32 Å². The van der Waals surface area contributed by atoms with Crippen LogP contribution in [0.1, 0.15) is 24.1 Å². The molecular weight excluding hydrogens is 326 g/mol. The summed E-state index contributed by atoms with van der Waals surface area (Å²) in [5.74, 6) is -0.417. The zero-order valence-corrected chi connectivity index (χ0v) is 14.1. The van der Waals surface area contributed by atoms with E-state index in [0.29, 0.717) is 18.1 Å². The topological polar surface area (TPSA) is 70.2 Å². The van der Waals surface area contributed by atoms with Gasteiger partial charge in [0.25, 0.3) is 0 Å². The quantitative estimate of drug-likeness (QED) is 0.753. The van der Waals surface area contributed by atoms with Crippen molar-refractivity contribution >= 4 is 23.5 Å². The van der Waals surface area contributed by atoms with E-state index in [9.17, 15) is 9.59 Å². The van der Waals surface area contributed by atoms with Crippen LogP contribution < -0.4 is 16.0 Å². The van der Waals surface area contributed by atoms with E-state index in [1.165, 1.54) is 0 Å². The molecule has 5 nitrogen and oxygen atoms in total. The maximum absolute atomic E-state index is 12.5. The first kappa shape index (κ1) is 18.0. The van der Waals surface area contributed by atoms with Crippen LogP contribution in [0.5, 0.6) is 0 Å². The summed E-state index contributed by atoms with van der Waals surface area (Å²) in [7, 11) is 0. The summed E-state index contributed by atoms with van der Waals surface area (Å²) in [4.78, 5) is 24.1. The van der Waals surface area contributed by atoms with Crippen LogP contribution in [0.3, 0.4) is 0 Å². The van der Waals surface area contributed by atoms with Crippen molar-refractivity contribution in [3.63, 3.8) is 0 Å². The number of carbonyl (C=O) groups is 2. The van der Waals surface area contributed by atoms with E-state index < -0.39 is 18.0 Å². The number of urea groups is 1. The number of benzene rings is 2. The largest absolute Gasteiger partial charge is 0.338 e. The molecule has 0 saturated carbocycles. The van der Waals surface area contributed by atoms with E-state index in [-0.39, 0.29) is 0 Å². The molecule has 0 bridgehead atoms. The third-order valence-electron chi connectivity index (χ3n) is 3.42. The Balaban J connectivity index is 2.13. The maximum Gasteiger partial charge on any atom is 0.321 e. The predicted molar refractivity (Wildman–Crippen MR) is 94.7 cm³/mol. The average molecular weight is 346 g/mol. The normalized spacial score (nSPS) is 11.6. The lowest BCUT2D eigenvalue weighted by Gasteiger charge is -2.19. The minimum Gasteiger partial charge on any atom is -0.338 e. The molecule has 0 aromatic heterocycles. The first-order chi connectivity index (χ1) is 11.6. The van der Waals surface area contributed by atoms with Crippen molar-refractivity contribution in [1.29, 1.82) is 0 Å². The average Bonchev–Trinajstić information content (AvgIpc) is 2.58. The van der Waals surface area contributed by atoms with Gasteiger partial charge >= 0.3 is 6.03 Å². The molecule has 0 aliphatic rings. The zero-order valence-electron chi connectivity index (χ0n) is 13.4. The summed E-state index contributed by atoms with van der Waals surface area (Å²) in [6.07, 6.45) is 0. The number of rotatable bonds is 6. The van der Waals surface area contributed by atoms with Gasteiger partial charge in [0.05, 0.1) is 0 Å². The van der Waals surface area contributed by atoms with Crippen molar-refractivity contribution in [3.8, 4) is 0 Å². The maximum atomic E-state index is 12.5. The highest BCUT2D eigenvalue weighted by Crippen LogP contribution is 2.18. The van der Waals surface area contributed by atoms with Gasteiger partial charge in [-0.05, 0) is 24.1 Å². The number of amides is 3. The molecule has 0 unspecified atom stereocenters. The highest BCUT2D eigenvalue weighted by Gasteiger charge is 2.22. The molecule has 0 saturated heterocycles. The molecule has 1 atom stereocenters. The predicted octanol–water partition coefficient (Wildman–Crippen LogP) is 3.02. The van der Waals surface area contributed by atoms with Crippen molar-refractivity contribution in [2.24, 2.45) is 0 Å². The van der Waals surface area contributed by atoms with E-state index in [4.69, 9.17) is 11.6 Å². The fourth-order valence-corrected chi connectivity index (χ4v) is 2.45. The molecule has 0 aliphatic heterocycles. The van der Waals surface area contributed by atoms with Gasteiger partial charge in [-0.2, -0.15) is 0 Å². The second kappa shape index (κ2) is 9.05. The van der Waals surface area contributed by atoms with E-state index in [1.807, 2.05) is 48.5 Å². The number of carbonyl (C=O) groups excluding carboxylic acids is 2. The van der Waals surface area contributed by atoms with Gasteiger partial charge in [-0.15, -0.1) is 0 Å². The Morgan fingerprint density at radius 3 is 2.38 bits per heavy atom. The minimum atomic E-state index is -0.662. The Morgan fingerprint density at radius 2 is 1.71 bits per heavy atom. The summed E-state index contributed by atoms with van der Waals surface area (Å²) in [6, 6.07) is 15.5. The summed E-state index contributed by atoms with van der Waals surface area (Å²) in [6.45, 7) is 2.64. The van der Waals surface area contributed by atoms with Gasteiger partial charge in [0.1, 0.15) is 6.04 Å². The smallest absolute Gasteiger partial charge is 0.321 e. The lowest BCUT2D eigenvalue weighted by atomic mass is 10.1. The number of halogens is 1. The summed E-state index contributed by atoms with van der Waals surface area (Å²) >= 11 is 6.15. The molecule has 2 rings (SSSR count). The van der Waals surface area contributed by atoms with E-state index >= 15 is 0 Å².